The van der Waals surface area contributed by atoms with E-state index in [1.165, 1.54) is 0 Å². The molecule has 0 radical (unpaired) electrons. The van der Waals surface area contributed by atoms with Crippen LogP contribution in [0.3, 0.4) is 0 Å². The van der Waals surface area contributed by atoms with Gasteiger partial charge in [0, 0.05) is 23.8 Å². The number of carbonyl (C=O) groups excluding carboxylic acids is 1. The largest absolute Gasteiger partial charge is 0.393 e. The maximum atomic E-state index is 12.1. The summed E-state index contributed by atoms with van der Waals surface area (Å²) in [5, 5.41) is 9.60. The molecule has 1 aromatic rings. The molecule has 0 spiro atoms. The van der Waals surface area contributed by atoms with Gasteiger partial charge in [0.1, 0.15) is 5.69 Å². The third-order valence-electron chi connectivity index (χ3n) is 3.03. The molecule has 2 atom stereocenters. The molecule has 16 heavy (non-hydrogen) atoms. The van der Waals surface area contributed by atoms with Gasteiger partial charge in [0.15, 0.2) is 0 Å². The lowest BCUT2D eigenvalue weighted by molar-refractivity contribution is 0.0294. The van der Waals surface area contributed by atoms with Crippen molar-refractivity contribution in [3.63, 3.8) is 0 Å². The molecule has 1 amide bonds. The summed E-state index contributed by atoms with van der Waals surface area (Å²) < 4.78 is 0.876. The topological polar surface area (TPSA) is 56.3 Å². The zero-order valence-corrected chi connectivity index (χ0v) is 10.7. The normalized spacial score (nSPS) is 25.8. The second-order valence-corrected chi connectivity index (χ2v) is 5.23. The highest BCUT2D eigenvalue weighted by Crippen LogP contribution is 2.19. The quantitative estimate of drug-likeness (QED) is 0.824. The van der Waals surface area contributed by atoms with Crippen LogP contribution in [-0.2, 0) is 0 Å². The molecule has 2 rings (SSSR count). The molecule has 2 heterocycles. The van der Waals surface area contributed by atoms with Crippen molar-refractivity contribution in [2.45, 2.75) is 19.4 Å². The van der Waals surface area contributed by atoms with Crippen LogP contribution in [0.5, 0.6) is 0 Å². The Labute approximate surface area is 103 Å². The van der Waals surface area contributed by atoms with Crippen molar-refractivity contribution < 1.29 is 9.90 Å². The number of rotatable bonds is 1. The predicted molar refractivity (Wildman–Crippen MR) is 64.2 cm³/mol. The number of nitrogens with one attached hydrogen (secondary N) is 1. The first kappa shape index (κ1) is 11.7. The van der Waals surface area contributed by atoms with Crippen LogP contribution in [0.2, 0.25) is 0 Å². The Bertz CT molecular complexity index is 391. The number of aliphatic hydroxyl groups is 1. The zero-order chi connectivity index (χ0) is 11.7. The minimum atomic E-state index is -0.278. The average molecular weight is 287 g/mol. The number of H-pyrrole nitrogens is 1. The van der Waals surface area contributed by atoms with Gasteiger partial charge in [-0.05, 0) is 34.3 Å². The fourth-order valence-electron chi connectivity index (χ4n) is 1.98. The Kier molecular flexibility index (Phi) is 3.35. The molecule has 0 saturated carbocycles. The first-order valence-electron chi connectivity index (χ1n) is 5.39. The van der Waals surface area contributed by atoms with Crippen LogP contribution in [-0.4, -0.2) is 40.1 Å². The number of hydrogen-bond acceptors (Lipinski definition) is 2. The van der Waals surface area contributed by atoms with Crippen LogP contribution in [0.25, 0.3) is 0 Å². The van der Waals surface area contributed by atoms with Crippen molar-refractivity contribution in [3.8, 4) is 0 Å². The molecular weight excluding hydrogens is 272 g/mol. The summed E-state index contributed by atoms with van der Waals surface area (Å²) in [5.74, 6) is 0.153. The third kappa shape index (κ3) is 2.30. The Morgan fingerprint density at radius 2 is 2.44 bits per heavy atom. The van der Waals surface area contributed by atoms with Crippen molar-refractivity contribution in [1.29, 1.82) is 0 Å². The summed E-state index contributed by atoms with van der Waals surface area (Å²) in [4.78, 5) is 16.8. The van der Waals surface area contributed by atoms with E-state index >= 15 is 0 Å². The van der Waals surface area contributed by atoms with Gasteiger partial charge in [-0.1, -0.05) is 6.92 Å². The van der Waals surface area contributed by atoms with Gasteiger partial charge in [0.2, 0.25) is 0 Å². The first-order chi connectivity index (χ1) is 7.58. The Morgan fingerprint density at radius 1 is 1.69 bits per heavy atom. The third-order valence-corrected chi connectivity index (χ3v) is 3.48. The molecule has 1 aliphatic heterocycles. The fraction of sp³-hybridized carbons (Fsp3) is 0.545. The number of carbonyl (C=O) groups is 1. The van der Waals surface area contributed by atoms with E-state index in [0.717, 1.165) is 4.47 Å². The number of amides is 1. The molecule has 0 aromatic carbocycles. The summed E-state index contributed by atoms with van der Waals surface area (Å²) in [5.41, 5.74) is 0.593. The molecule has 1 fully saturated rings. The number of piperidine rings is 1. The molecule has 0 aliphatic carbocycles. The maximum Gasteiger partial charge on any atom is 0.270 e. The number of nitrogens with zero attached hydrogens (tertiary/aromatic N) is 1. The lowest BCUT2D eigenvalue weighted by Crippen LogP contribution is -2.45. The Morgan fingerprint density at radius 3 is 3.00 bits per heavy atom. The number of likely N-dealkylation sites (tertiary alicyclic amines) is 1. The van der Waals surface area contributed by atoms with E-state index < -0.39 is 0 Å². The van der Waals surface area contributed by atoms with Crippen molar-refractivity contribution in [3.05, 3.63) is 22.4 Å². The van der Waals surface area contributed by atoms with E-state index in [2.05, 4.69) is 20.9 Å². The summed E-state index contributed by atoms with van der Waals surface area (Å²) in [6.45, 7) is 3.21. The minimum absolute atomic E-state index is 0.00412. The van der Waals surface area contributed by atoms with E-state index in [9.17, 15) is 9.90 Å². The maximum absolute atomic E-state index is 12.1. The summed E-state index contributed by atoms with van der Waals surface area (Å²) in [7, 11) is 0. The number of halogens is 1. The van der Waals surface area contributed by atoms with Crippen LogP contribution < -0.4 is 0 Å². The number of hydrogen-bond donors (Lipinski definition) is 2. The van der Waals surface area contributed by atoms with Gasteiger partial charge in [-0.2, -0.15) is 0 Å². The van der Waals surface area contributed by atoms with E-state index in [4.69, 9.17) is 0 Å². The minimum Gasteiger partial charge on any atom is -0.393 e. The van der Waals surface area contributed by atoms with Gasteiger partial charge in [0.05, 0.1) is 6.10 Å². The standard InChI is InChI=1S/C11H15BrN2O2/c1-7-6-14(3-2-10(7)15)11(16)9-4-8(12)5-13-9/h4-5,7,10,13,15H,2-3,6H2,1H3. The molecule has 5 heteroatoms. The van der Waals surface area contributed by atoms with Crippen LogP contribution >= 0.6 is 15.9 Å². The van der Waals surface area contributed by atoms with Crippen molar-refractivity contribution in [2.24, 2.45) is 5.92 Å². The van der Waals surface area contributed by atoms with Gasteiger partial charge < -0.3 is 15.0 Å². The molecule has 4 nitrogen and oxygen atoms in total. The Balaban J connectivity index is 2.06. The molecule has 0 bridgehead atoms. The second kappa shape index (κ2) is 4.59. The molecule has 88 valence electrons. The van der Waals surface area contributed by atoms with Gasteiger partial charge in [-0.15, -0.1) is 0 Å². The summed E-state index contributed by atoms with van der Waals surface area (Å²) >= 11 is 3.30. The average Bonchev–Trinajstić information content (AvgIpc) is 2.68. The van der Waals surface area contributed by atoms with Crippen LogP contribution in [0.1, 0.15) is 23.8 Å². The lowest BCUT2D eigenvalue weighted by Gasteiger charge is -2.34. The highest BCUT2D eigenvalue weighted by molar-refractivity contribution is 9.10. The number of aromatic amines is 1. The molecular formula is C11H15BrN2O2. The van der Waals surface area contributed by atoms with Gasteiger partial charge in [0.25, 0.3) is 5.91 Å². The predicted octanol–water partition coefficient (Wildman–Crippen LogP) is 1.62. The number of aromatic nitrogens is 1. The summed E-state index contributed by atoms with van der Waals surface area (Å²) in [6, 6.07) is 1.78. The van der Waals surface area contributed by atoms with Crippen molar-refractivity contribution in [1.82, 2.24) is 9.88 Å². The lowest BCUT2D eigenvalue weighted by atomic mass is 9.96. The summed E-state index contributed by atoms with van der Waals surface area (Å²) in [6.07, 6.45) is 2.13. The highest BCUT2D eigenvalue weighted by Gasteiger charge is 2.28. The van der Waals surface area contributed by atoms with Gasteiger partial charge >= 0.3 is 0 Å². The Hall–Kier alpha value is -0.810. The van der Waals surface area contributed by atoms with E-state index in [1.54, 1.807) is 17.2 Å². The molecule has 2 N–H and O–H groups in total. The fourth-order valence-corrected chi connectivity index (χ4v) is 2.32. The van der Waals surface area contributed by atoms with Crippen LogP contribution in [0.4, 0.5) is 0 Å². The van der Waals surface area contributed by atoms with Gasteiger partial charge in [-0.3, -0.25) is 4.79 Å². The van der Waals surface area contributed by atoms with Crippen molar-refractivity contribution in [2.75, 3.05) is 13.1 Å². The van der Waals surface area contributed by atoms with Crippen LogP contribution in [0.15, 0.2) is 16.7 Å². The SMILES string of the molecule is CC1CN(C(=O)c2cc(Br)c[nH]2)CCC1O. The zero-order valence-electron chi connectivity index (χ0n) is 9.11. The molecule has 1 aromatic heterocycles. The first-order valence-corrected chi connectivity index (χ1v) is 6.18. The van der Waals surface area contributed by atoms with E-state index in [1.807, 2.05) is 6.92 Å². The van der Waals surface area contributed by atoms with Crippen molar-refractivity contribution >= 4 is 21.8 Å². The number of aliphatic hydroxyl groups excluding tert-OH is 1. The van der Waals surface area contributed by atoms with Gasteiger partial charge in [-0.25, -0.2) is 0 Å². The molecule has 2 unspecified atom stereocenters. The van der Waals surface area contributed by atoms with E-state index in [-0.39, 0.29) is 17.9 Å². The highest BCUT2D eigenvalue weighted by atomic mass is 79.9. The smallest absolute Gasteiger partial charge is 0.270 e. The molecule has 1 saturated heterocycles. The van der Waals surface area contributed by atoms with E-state index in [0.29, 0.717) is 25.2 Å². The monoisotopic (exact) mass is 286 g/mol. The molecule has 1 aliphatic rings. The second-order valence-electron chi connectivity index (χ2n) is 4.32. The van der Waals surface area contributed by atoms with Crippen LogP contribution in [0, 0.1) is 5.92 Å².